The van der Waals surface area contributed by atoms with Gasteiger partial charge in [0, 0.05) is 47.3 Å². The number of hydrogen-bond donors (Lipinski definition) is 1. The monoisotopic (exact) mass is 390 g/mol. The number of ether oxygens (including phenoxy) is 2. The Bertz CT molecular complexity index is 566. The van der Waals surface area contributed by atoms with E-state index in [-0.39, 0.29) is 23.5 Å². The minimum absolute atomic E-state index is 0.00802. The molecule has 0 aliphatic heterocycles. The van der Waals surface area contributed by atoms with Gasteiger partial charge in [0.05, 0.1) is 6.42 Å². The second kappa shape index (κ2) is 8.03. The number of nitrogens with zero attached hydrogens (tertiary/aromatic N) is 1. The van der Waals surface area contributed by atoms with E-state index in [0.29, 0.717) is 0 Å². The minimum atomic E-state index is -0.997. The molecular formula is C15H23BrN2O5. The van der Waals surface area contributed by atoms with Crippen molar-refractivity contribution < 1.29 is 19.2 Å². The van der Waals surface area contributed by atoms with Crippen molar-refractivity contribution in [2.24, 2.45) is 5.41 Å². The van der Waals surface area contributed by atoms with Crippen LogP contribution >= 0.6 is 15.9 Å². The highest BCUT2D eigenvalue weighted by Crippen LogP contribution is 2.32. The van der Waals surface area contributed by atoms with Crippen LogP contribution in [-0.2, 0) is 20.7 Å². The van der Waals surface area contributed by atoms with E-state index in [9.17, 15) is 14.9 Å². The molecule has 1 aromatic rings. The topological polar surface area (TPSA) is 94.5 Å². The van der Waals surface area contributed by atoms with E-state index in [0.717, 1.165) is 15.7 Å². The van der Waals surface area contributed by atoms with Gasteiger partial charge in [-0.25, -0.2) is 0 Å². The molecule has 8 heteroatoms. The average molecular weight is 391 g/mol. The summed E-state index contributed by atoms with van der Waals surface area (Å²) in [6, 6.07) is -0.912. The fraction of sp³-hybridized carbons (Fsp3) is 0.667. The lowest BCUT2D eigenvalue weighted by Gasteiger charge is -2.28. The van der Waals surface area contributed by atoms with Crippen LogP contribution in [0.1, 0.15) is 31.5 Å². The van der Waals surface area contributed by atoms with Gasteiger partial charge in [0.15, 0.2) is 5.78 Å². The van der Waals surface area contributed by atoms with Crippen LogP contribution in [0.5, 0.6) is 0 Å². The normalized spacial score (nSPS) is 13.3. The second-order valence-corrected chi connectivity index (χ2v) is 7.03. The van der Waals surface area contributed by atoms with Gasteiger partial charge in [-0.1, -0.05) is 13.8 Å². The summed E-state index contributed by atoms with van der Waals surface area (Å²) in [7, 11) is 2.73. The van der Waals surface area contributed by atoms with Gasteiger partial charge in [0.1, 0.15) is 0 Å². The molecule has 0 amide bonds. The molecular weight excluding hydrogens is 368 g/mol. The first-order chi connectivity index (χ1) is 10.6. The molecule has 0 spiro atoms. The minimum Gasteiger partial charge on any atom is -0.363 e. The number of methoxy groups -OCH3 is 2. The van der Waals surface area contributed by atoms with Crippen molar-refractivity contribution in [3.05, 3.63) is 32.0 Å². The molecule has 0 saturated carbocycles. The SMILES string of the molecule is COC(OC)C(=O)CC(C)(C)C(Cc1[nH]cc(Br)c1C)[N+](=O)[O-]. The number of aromatic nitrogens is 1. The third-order valence-corrected chi connectivity index (χ3v) is 4.88. The lowest BCUT2D eigenvalue weighted by Crippen LogP contribution is -2.42. The van der Waals surface area contributed by atoms with E-state index in [4.69, 9.17) is 9.47 Å². The predicted molar refractivity (Wildman–Crippen MR) is 88.9 cm³/mol. The Kier molecular flexibility index (Phi) is 6.91. The quantitative estimate of drug-likeness (QED) is 0.397. The van der Waals surface area contributed by atoms with Crippen LogP contribution < -0.4 is 0 Å². The largest absolute Gasteiger partial charge is 0.363 e. The van der Waals surface area contributed by atoms with E-state index < -0.39 is 17.7 Å². The Hall–Kier alpha value is -1.25. The summed E-state index contributed by atoms with van der Waals surface area (Å²) >= 11 is 3.38. The molecule has 0 fully saturated rings. The summed E-state index contributed by atoms with van der Waals surface area (Å²) in [5.41, 5.74) is 0.875. The van der Waals surface area contributed by atoms with Crippen molar-refractivity contribution in [3.63, 3.8) is 0 Å². The standard InChI is InChI=1S/C15H23BrN2O5/c1-9-10(16)8-17-11(9)6-13(18(20)21)15(2,3)7-12(19)14(22-4)23-5/h8,13-14,17H,6-7H2,1-5H3. The molecule has 1 unspecified atom stereocenters. The number of Topliss-reactive ketones (excluding diaryl/α,β-unsaturated/α-hetero) is 1. The van der Waals surface area contributed by atoms with Gasteiger partial charge in [-0.15, -0.1) is 0 Å². The van der Waals surface area contributed by atoms with Gasteiger partial charge in [-0.05, 0) is 28.4 Å². The van der Waals surface area contributed by atoms with Gasteiger partial charge in [0.25, 0.3) is 0 Å². The number of ketones is 1. The number of carbonyl (C=O) groups excluding carboxylic acids is 1. The van der Waals surface area contributed by atoms with E-state index in [1.165, 1.54) is 14.2 Å². The zero-order valence-electron chi connectivity index (χ0n) is 14.0. The summed E-state index contributed by atoms with van der Waals surface area (Å²) < 4.78 is 10.7. The number of aromatic amines is 1. The number of rotatable bonds is 9. The van der Waals surface area contributed by atoms with E-state index in [2.05, 4.69) is 20.9 Å². The summed E-state index contributed by atoms with van der Waals surface area (Å²) in [6.45, 7) is 5.32. The summed E-state index contributed by atoms with van der Waals surface area (Å²) in [5, 5.41) is 11.6. The second-order valence-electron chi connectivity index (χ2n) is 6.18. The van der Waals surface area contributed by atoms with Crippen LogP contribution in [0.25, 0.3) is 0 Å². The Morgan fingerprint density at radius 3 is 2.39 bits per heavy atom. The Morgan fingerprint density at radius 1 is 1.43 bits per heavy atom. The maximum Gasteiger partial charge on any atom is 0.224 e. The summed E-state index contributed by atoms with van der Waals surface area (Å²) in [6.07, 6.45) is 0.968. The Labute approximate surface area is 144 Å². The Balaban J connectivity index is 2.96. The van der Waals surface area contributed by atoms with E-state index >= 15 is 0 Å². The van der Waals surface area contributed by atoms with Crippen LogP contribution in [0.15, 0.2) is 10.7 Å². The molecule has 0 saturated heterocycles. The molecule has 0 aliphatic rings. The third kappa shape index (κ3) is 4.86. The van der Waals surface area contributed by atoms with Crippen LogP contribution in [0.3, 0.4) is 0 Å². The van der Waals surface area contributed by atoms with Gasteiger partial charge in [0.2, 0.25) is 12.3 Å². The molecule has 1 atom stereocenters. The number of halogens is 1. The van der Waals surface area contributed by atoms with Crippen molar-refractivity contribution in [1.82, 2.24) is 4.98 Å². The van der Waals surface area contributed by atoms with Crippen LogP contribution in [0.2, 0.25) is 0 Å². The van der Waals surface area contributed by atoms with Gasteiger partial charge in [-0.2, -0.15) is 0 Å². The fourth-order valence-electron chi connectivity index (χ4n) is 2.56. The molecule has 23 heavy (non-hydrogen) atoms. The smallest absolute Gasteiger partial charge is 0.224 e. The third-order valence-electron chi connectivity index (χ3n) is 4.06. The molecule has 1 N–H and O–H groups in total. The van der Waals surface area contributed by atoms with Gasteiger partial charge in [-0.3, -0.25) is 14.9 Å². The predicted octanol–water partition coefficient (Wildman–Crippen LogP) is 2.88. The molecule has 0 radical (unpaired) electrons. The van der Waals surface area contributed by atoms with Crippen LogP contribution in [0.4, 0.5) is 0 Å². The molecule has 0 aromatic carbocycles. The van der Waals surface area contributed by atoms with Gasteiger partial charge >= 0.3 is 0 Å². The molecule has 1 rings (SSSR count). The van der Waals surface area contributed by atoms with E-state index in [1.807, 2.05) is 6.92 Å². The van der Waals surface area contributed by atoms with E-state index in [1.54, 1.807) is 20.0 Å². The summed E-state index contributed by atoms with van der Waals surface area (Å²) in [5.74, 6) is -0.309. The highest BCUT2D eigenvalue weighted by molar-refractivity contribution is 9.10. The maximum absolute atomic E-state index is 12.2. The van der Waals surface area contributed by atoms with Crippen molar-refractivity contribution in [2.45, 2.75) is 45.9 Å². The fourth-order valence-corrected chi connectivity index (χ4v) is 2.92. The summed E-state index contributed by atoms with van der Waals surface area (Å²) in [4.78, 5) is 26.5. The Morgan fingerprint density at radius 2 is 2.00 bits per heavy atom. The molecule has 0 bridgehead atoms. The first-order valence-electron chi connectivity index (χ1n) is 7.18. The number of hydrogen-bond acceptors (Lipinski definition) is 5. The van der Waals surface area contributed by atoms with Crippen molar-refractivity contribution in [3.8, 4) is 0 Å². The van der Waals surface area contributed by atoms with Crippen LogP contribution in [-0.4, -0.2) is 42.2 Å². The average Bonchev–Trinajstić information content (AvgIpc) is 2.76. The number of nitrogens with one attached hydrogen (secondary N) is 1. The molecule has 130 valence electrons. The van der Waals surface area contributed by atoms with Crippen molar-refractivity contribution in [1.29, 1.82) is 0 Å². The lowest BCUT2D eigenvalue weighted by atomic mass is 9.77. The number of H-pyrrole nitrogens is 1. The lowest BCUT2D eigenvalue weighted by molar-refractivity contribution is -0.540. The first kappa shape index (κ1) is 19.8. The van der Waals surface area contributed by atoms with Crippen LogP contribution in [0, 0.1) is 22.5 Å². The molecule has 1 aromatic heterocycles. The zero-order chi connectivity index (χ0) is 17.8. The number of carbonyl (C=O) groups is 1. The molecule has 0 aliphatic carbocycles. The van der Waals surface area contributed by atoms with Gasteiger partial charge < -0.3 is 14.5 Å². The maximum atomic E-state index is 12.2. The first-order valence-corrected chi connectivity index (χ1v) is 7.97. The molecule has 1 heterocycles. The zero-order valence-corrected chi connectivity index (χ0v) is 15.6. The van der Waals surface area contributed by atoms with Crippen molar-refractivity contribution >= 4 is 21.7 Å². The highest BCUT2D eigenvalue weighted by Gasteiger charge is 2.42. The highest BCUT2D eigenvalue weighted by atomic mass is 79.9. The van der Waals surface area contributed by atoms with Crippen molar-refractivity contribution in [2.75, 3.05) is 14.2 Å². The number of nitro groups is 1. The molecule has 7 nitrogen and oxygen atoms in total.